The van der Waals surface area contributed by atoms with Crippen LogP contribution in [0.2, 0.25) is 0 Å². The van der Waals surface area contributed by atoms with Gasteiger partial charge in [-0.1, -0.05) is 12.1 Å². The number of halogens is 1. The summed E-state index contributed by atoms with van der Waals surface area (Å²) in [5.41, 5.74) is 7.38. The van der Waals surface area contributed by atoms with Crippen LogP contribution >= 0.6 is 11.3 Å². The van der Waals surface area contributed by atoms with Gasteiger partial charge in [0.05, 0.1) is 10.7 Å². The van der Waals surface area contributed by atoms with Crippen LogP contribution in [0.25, 0.3) is 11.3 Å². The highest BCUT2D eigenvalue weighted by molar-refractivity contribution is 7.09. The molecule has 94 valence electrons. The van der Waals surface area contributed by atoms with Gasteiger partial charge in [-0.3, -0.25) is 0 Å². The molecule has 1 aromatic carbocycles. The highest BCUT2D eigenvalue weighted by atomic mass is 32.1. The fourth-order valence-electron chi connectivity index (χ4n) is 2.14. The Kier molecular flexibility index (Phi) is 2.92. The maximum absolute atomic E-state index is 13.6. The summed E-state index contributed by atoms with van der Waals surface area (Å²) in [5.74, 6) is -0.214. The highest BCUT2D eigenvalue weighted by Gasteiger charge is 2.41. The van der Waals surface area contributed by atoms with Crippen molar-refractivity contribution in [1.82, 2.24) is 4.98 Å². The summed E-state index contributed by atoms with van der Waals surface area (Å²) in [5, 5.41) is 3.00. The van der Waals surface area contributed by atoms with E-state index in [0.29, 0.717) is 5.56 Å². The normalized spacial score (nSPS) is 16.8. The molecule has 0 saturated heterocycles. The molecule has 1 fully saturated rings. The van der Waals surface area contributed by atoms with Crippen LogP contribution in [-0.4, -0.2) is 11.5 Å². The van der Waals surface area contributed by atoms with Crippen molar-refractivity contribution in [3.8, 4) is 11.3 Å². The molecule has 0 radical (unpaired) electrons. The van der Waals surface area contributed by atoms with Gasteiger partial charge < -0.3 is 5.73 Å². The predicted octanol–water partition coefficient (Wildman–Crippen LogP) is 3.23. The quantitative estimate of drug-likeness (QED) is 0.918. The van der Waals surface area contributed by atoms with Crippen LogP contribution in [0.1, 0.15) is 17.8 Å². The first-order valence-electron chi connectivity index (χ1n) is 6.12. The van der Waals surface area contributed by atoms with Gasteiger partial charge >= 0.3 is 0 Å². The number of aromatic nitrogens is 1. The van der Waals surface area contributed by atoms with E-state index in [1.165, 1.54) is 18.9 Å². The van der Waals surface area contributed by atoms with Crippen molar-refractivity contribution in [2.75, 3.05) is 6.54 Å². The Morgan fingerprint density at radius 3 is 2.78 bits per heavy atom. The fourth-order valence-corrected chi connectivity index (χ4v) is 3.10. The predicted molar refractivity (Wildman–Crippen MR) is 71.9 cm³/mol. The lowest BCUT2D eigenvalue weighted by Gasteiger charge is -2.08. The van der Waals surface area contributed by atoms with E-state index in [9.17, 15) is 4.39 Å². The molecule has 1 heterocycles. The monoisotopic (exact) mass is 262 g/mol. The van der Waals surface area contributed by atoms with Gasteiger partial charge in [-0.05, 0) is 36.9 Å². The Morgan fingerprint density at radius 2 is 2.11 bits per heavy atom. The largest absolute Gasteiger partial charge is 0.330 e. The Morgan fingerprint density at radius 1 is 1.33 bits per heavy atom. The van der Waals surface area contributed by atoms with Crippen LogP contribution in [0.15, 0.2) is 29.6 Å². The van der Waals surface area contributed by atoms with E-state index in [1.807, 2.05) is 11.4 Å². The summed E-state index contributed by atoms with van der Waals surface area (Å²) in [6.07, 6.45) is 3.32. The molecular weight excluding hydrogens is 247 g/mol. The van der Waals surface area contributed by atoms with Gasteiger partial charge in [0.2, 0.25) is 0 Å². The fraction of sp³-hybridized carbons (Fsp3) is 0.357. The number of hydrogen-bond acceptors (Lipinski definition) is 3. The smallest absolute Gasteiger partial charge is 0.132 e. The second-order valence-corrected chi connectivity index (χ2v) is 5.93. The molecule has 1 saturated carbocycles. The highest BCUT2D eigenvalue weighted by Crippen LogP contribution is 2.47. The molecule has 0 atom stereocenters. The first kappa shape index (κ1) is 11.8. The standard InChI is InChI=1S/C14H15FN2S/c15-11-4-2-1-3-10(11)12-8-18-13(17-12)7-14(9-16)5-6-14/h1-4,8H,5-7,9,16H2. The van der Waals surface area contributed by atoms with E-state index in [2.05, 4.69) is 4.98 Å². The molecule has 18 heavy (non-hydrogen) atoms. The Bertz CT molecular complexity index is 560. The van der Waals surface area contributed by atoms with Crippen LogP contribution in [-0.2, 0) is 6.42 Å². The molecular formula is C14H15FN2S. The molecule has 0 spiro atoms. The number of nitrogens with zero attached hydrogens (tertiary/aromatic N) is 1. The lowest BCUT2D eigenvalue weighted by atomic mass is 10.0. The van der Waals surface area contributed by atoms with Crippen LogP contribution in [0.3, 0.4) is 0 Å². The summed E-state index contributed by atoms with van der Waals surface area (Å²) in [6.45, 7) is 0.724. The minimum absolute atomic E-state index is 0.214. The number of rotatable bonds is 4. The van der Waals surface area contributed by atoms with Gasteiger partial charge in [0.25, 0.3) is 0 Å². The topological polar surface area (TPSA) is 38.9 Å². The molecule has 2 aromatic rings. The van der Waals surface area contributed by atoms with Crippen molar-refractivity contribution in [3.05, 3.63) is 40.5 Å². The number of thiazole rings is 1. The van der Waals surface area contributed by atoms with Gasteiger partial charge in [-0.2, -0.15) is 0 Å². The molecule has 2 N–H and O–H groups in total. The zero-order chi connectivity index (χ0) is 12.6. The van der Waals surface area contributed by atoms with E-state index < -0.39 is 0 Å². The number of nitrogens with two attached hydrogens (primary N) is 1. The lowest BCUT2D eigenvalue weighted by Crippen LogP contribution is -2.17. The summed E-state index contributed by atoms with van der Waals surface area (Å²) < 4.78 is 13.6. The van der Waals surface area contributed by atoms with Gasteiger partial charge in [0.15, 0.2) is 0 Å². The van der Waals surface area contributed by atoms with Gasteiger partial charge in [0, 0.05) is 17.4 Å². The van der Waals surface area contributed by atoms with Crippen molar-refractivity contribution < 1.29 is 4.39 Å². The summed E-state index contributed by atoms with van der Waals surface area (Å²) >= 11 is 1.60. The zero-order valence-electron chi connectivity index (χ0n) is 10.0. The minimum atomic E-state index is -0.214. The third-order valence-electron chi connectivity index (χ3n) is 3.62. The molecule has 1 aromatic heterocycles. The van der Waals surface area contributed by atoms with Crippen LogP contribution in [0.4, 0.5) is 4.39 Å². The van der Waals surface area contributed by atoms with Crippen molar-refractivity contribution in [2.24, 2.45) is 11.1 Å². The van der Waals surface area contributed by atoms with Crippen molar-refractivity contribution in [3.63, 3.8) is 0 Å². The molecule has 0 unspecified atom stereocenters. The number of benzene rings is 1. The average molecular weight is 262 g/mol. The third-order valence-corrected chi connectivity index (χ3v) is 4.47. The maximum Gasteiger partial charge on any atom is 0.132 e. The molecule has 1 aliphatic carbocycles. The van der Waals surface area contributed by atoms with E-state index in [0.717, 1.165) is 23.7 Å². The molecule has 0 amide bonds. The van der Waals surface area contributed by atoms with E-state index in [4.69, 9.17) is 5.73 Å². The number of hydrogen-bond donors (Lipinski definition) is 1. The lowest BCUT2D eigenvalue weighted by molar-refractivity contribution is 0.520. The Balaban J connectivity index is 1.84. The second kappa shape index (κ2) is 4.44. The van der Waals surface area contributed by atoms with Crippen molar-refractivity contribution >= 4 is 11.3 Å². The van der Waals surface area contributed by atoms with Gasteiger partial charge in [-0.15, -0.1) is 11.3 Å². The summed E-state index contributed by atoms with van der Waals surface area (Å²) in [6, 6.07) is 6.76. The van der Waals surface area contributed by atoms with Crippen molar-refractivity contribution in [1.29, 1.82) is 0 Å². The van der Waals surface area contributed by atoms with Gasteiger partial charge in [0.1, 0.15) is 5.82 Å². The molecule has 2 nitrogen and oxygen atoms in total. The second-order valence-electron chi connectivity index (χ2n) is 4.99. The first-order valence-corrected chi connectivity index (χ1v) is 7.00. The summed E-state index contributed by atoms with van der Waals surface area (Å²) in [4.78, 5) is 4.54. The molecule has 0 aliphatic heterocycles. The average Bonchev–Trinajstić information content (AvgIpc) is 3.00. The zero-order valence-corrected chi connectivity index (χ0v) is 10.8. The molecule has 3 rings (SSSR count). The Labute approximate surface area is 110 Å². The van der Waals surface area contributed by atoms with Crippen LogP contribution < -0.4 is 5.73 Å². The molecule has 0 bridgehead atoms. The SMILES string of the molecule is NCC1(Cc2nc(-c3ccccc3F)cs2)CC1. The van der Waals surface area contributed by atoms with E-state index in [1.54, 1.807) is 23.5 Å². The third kappa shape index (κ3) is 2.18. The van der Waals surface area contributed by atoms with Crippen LogP contribution in [0, 0.1) is 11.2 Å². The summed E-state index contributed by atoms with van der Waals surface area (Å²) in [7, 11) is 0. The van der Waals surface area contributed by atoms with Gasteiger partial charge in [-0.25, -0.2) is 9.37 Å². The van der Waals surface area contributed by atoms with Crippen LogP contribution in [0.5, 0.6) is 0 Å². The van der Waals surface area contributed by atoms with E-state index >= 15 is 0 Å². The Hall–Kier alpha value is -1.26. The first-order chi connectivity index (χ1) is 8.72. The minimum Gasteiger partial charge on any atom is -0.330 e. The maximum atomic E-state index is 13.6. The molecule has 1 aliphatic rings. The van der Waals surface area contributed by atoms with E-state index in [-0.39, 0.29) is 11.2 Å². The molecule has 4 heteroatoms. The van der Waals surface area contributed by atoms with Crippen molar-refractivity contribution in [2.45, 2.75) is 19.3 Å².